The number of halogens is 2. The van der Waals surface area contributed by atoms with Crippen LogP contribution in [-0.4, -0.2) is 45.3 Å². The van der Waals surface area contributed by atoms with Crippen LogP contribution in [0.25, 0.3) is 0 Å². The highest BCUT2D eigenvalue weighted by Crippen LogP contribution is 2.14. The summed E-state index contributed by atoms with van der Waals surface area (Å²) in [5.41, 5.74) is 1.01. The standard InChI is InChI=1S/C16H21FN4O2S2.HI/c1-12-21-13(11-24-12)7-8-19-16(18-2)20-9-10-25(22,23)15-6-4-3-5-14(15)17;/h3-6,11H,7-10H2,1-2H3,(H2,18,19,20);1H. The summed E-state index contributed by atoms with van der Waals surface area (Å²) in [5, 5.41) is 9.06. The van der Waals surface area contributed by atoms with Crippen LogP contribution >= 0.6 is 35.3 Å². The second-order valence-electron chi connectivity index (χ2n) is 5.28. The summed E-state index contributed by atoms with van der Waals surface area (Å²) in [7, 11) is -2.08. The number of guanidine groups is 1. The third-order valence-corrected chi connectivity index (χ3v) is 5.96. The maximum Gasteiger partial charge on any atom is 0.191 e. The summed E-state index contributed by atoms with van der Waals surface area (Å²) in [6.07, 6.45) is 0.749. The summed E-state index contributed by atoms with van der Waals surface area (Å²) in [6.45, 7) is 2.72. The van der Waals surface area contributed by atoms with Gasteiger partial charge in [-0.3, -0.25) is 4.99 Å². The Hall–Kier alpha value is -1.27. The number of sulfone groups is 1. The lowest BCUT2D eigenvalue weighted by molar-refractivity contribution is 0.566. The molecule has 6 nitrogen and oxygen atoms in total. The Bertz CT molecular complexity index is 840. The lowest BCUT2D eigenvalue weighted by Gasteiger charge is -2.12. The Balaban J connectivity index is 0.00000338. The van der Waals surface area contributed by atoms with Gasteiger partial charge in [0.25, 0.3) is 0 Å². The number of hydrogen-bond donors (Lipinski definition) is 2. The molecule has 0 saturated carbocycles. The number of nitrogens with zero attached hydrogens (tertiary/aromatic N) is 2. The average Bonchev–Trinajstić information content (AvgIpc) is 2.99. The minimum Gasteiger partial charge on any atom is -0.356 e. The van der Waals surface area contributed by atoms with Gasteiger partial charge in [0.1, 0.15) is 10.7 Å². The van der Waals surface area contributed by atoms with Crippen molar-refractivity contribution in [1.29, 1.82) is 0 Å². The molecule has 1 heterocycles. The molecule has 0 amide bonds. The SMILES string of the molecule is CN=C(NCCc1csc(C)n1)NCCS(=O)(=O)c1ccccc1F.I. The third kappa shape index (κ3) is 6.80. The van der Waals surface area contributed by atoms with Crippen LogP contribution in [0.4, 0.5) is 4.39 Å². The molecule has 0 spiro atoms. The van der Waals surface area contributed by atoms with Gasteiger partial charge in [-0.05, 0) is 19.1 Å². The van der Waals surface area contributed by atoms with Crippen LogP contribution in [0.5, 0.6) is 0 Å². The molecule has 1 aromatic heterocycles. The Morgan fingerprint density at radius 2 is 1.96 bits per heavy atom. The van der Waals surface area contributed by atoms with Crippen molar-refractivity contribution in [3.05, 3.63) is 46.2 Å². The molecular weight excluding hydrogens is 490 g/mol. The Labute approximate surface area is 174 Å². The topological polar surface area (TPSA) is 83.4 Å². The van der Waals surface area contributed by atoms with Gasteiger partial charge in [-0.2, -0.15) is 0 Å². The van der Waals surface area contributed by atoms with Crippen LogP contribution in [0, 0.1) is 12.7 Å². The van der Waals surface area contributed by atoms with Crippen LogP contribution in [0.15, 0.2) is 39.5 Å². The predicted molar refractivity (Wildman–Crippen MR) is 114 cm³/mol. The number of nitrogens with one attached hydrogen (secondary N) is 2. The Morgan fingerprint density at radius 1 is 1.27 bits per heavy atom. The van der Waals surface area contributed by atoms with Gasteiger partial charge in [0.05, 0.1) is 16.5 Å². The lowest BCUT2D eigenvalue weighted by Crippen LogP contribution is -2.40. The number of aliphatic imine (C=N–C) groups is 1. The van der Waals surface area contributed by atoms with E-state index in [-0.39, 0.29) is 41.2 Å². The number of thiazole rings is 1. The van der Waals surface area contributed by atoms with Crippen molar-refractivity contribution >= 4 is 51.1 Å². The van der Waals surface area contributed by atoms with Gasteiger partial charge < -0.3 is 10.6 Å². The molecule has 26 heavy (non-hydrogen) atoms. The molecule has 0 atom stereocenters. The van der Waals surface area contributed by atoms with E-state index in [2.05, 4.69) is 20.6 Å². The third-order valence-electron chi connectivity index (χ3n) is 3.40. The molecule has 0 unspecified atom stereocenters. The first-order valence-corrected chi connectivity index (χ1v) is 10.3. The van der Waals surface area contributed by atoms with Crippen molar-refractivity contribution in [2.24, 2.45) is 4.99 Å². The largest absolute Gasteiger partial charge is 0.356 e. The molecule has 0 saturated heterocycles. The molecule has 0 fully saturated rings. The molecular formula is C16H22FIN4O2S2. The van der Waals surface area contributed by atoms with Gasteiger partial charge in [-0.15, -0.1) is 35.3 Å². The van der Waals surface area contributed by atoms with Gasteiger partial charge >= 0.3 is 0 Å². The second-order valence-corrected chi connectivity index (χ2v) is 8.42. The molecule has 2 aromatic rings. The highest BCUT2D eigenvalue weighted by atomic mass is 127. The maximum atomic E-state index is 13.6. The van der Waals surface area contributed by atoms with E-state index in [9.17, 15) is 12.8 Å². The minimum absolute atomic E-state index is 0. The van der Waals surface area contributed by atoms with Crippen molar-refractivity contribution in [2.45, 2.75) is 18.2 Å². The first-order chi connectivity index (χ1) is 11.9. The maximum absolute atomic E-state index is 13.6. The van der Waals surface area contributed by atoms with E-state index in [1.165, 1.54) is 18.2 Å². The molecule has 2 N–H and O–H groups in total. The molecule has 144 valence electrons. The summed E-state index contributed by atoms with van der Waals surface area (Å²) in [5.74, 6) is -0.459. The van der Waals surface area contributed by atoms with Crippen molar-refractivity contribution < 1.29 is 12.8 Å². The van der Waals surface area contributed by atoms with E-state index >= 15 is 0 Å². The van der Waals surface area contributed by atoms with Gasteiger partial charge in [0.2, 0.25) is 0 Å². The highest BCUT2D eigenvalue weighted by Gasteiger charge is 2.18. The zero-order chi connectivity index (χ0) is 18.3. The smallest absolute Gasteiger partial charge is 0.191 e. The van der Waals surface area contributed by atoms with Gasteiger partial charge in [0.15, 0.2) is 15.8 Å². The second kappa shape index (κ2) is 10.8. The van der Waals surface area contributed by atoms with Crippen LogP contribution in [0.3, 0.4) is 0 Å². The summed E-state index contributed by atoms with van der Waals surface area (Å²) < 4.78 is 38.0. The molecule has 1 aromatic carbocycles. The quantitative estimate of drug-likeness (QED) is 0.338. The van der Waals surface area contributed by atoms with Crippen molar-refractivity contribution in [1.82, 2.24) is 15.6 Å². The van der Waals surface area contributed by atoms with Crippen LogP contribution < -0.4 is 10.6 Å². The molecule has 0 aliphatic carbocycles. The summed E-state index contributed by atoms with van der Waals surface area (Å²) in [6, 6.07) is 5.38. The number of hydrogen-bond acceptors (Lipinski definition) is 5. The van der Waals surface area contributed by atoms with E-state index in [1.807, 2.05) is 12.3 Å². The number of aryl methyl sites for hydroxylation is 1. The molecule has 2 rings (SSSR count). The number of benzene rings is 1. The zero-order valence-corrected chi connectivity index (χ0v) is 18.5. The zero-order valence-electron chi connectivity index (χ0n) is 14.5. The van der Waals surface area contributed by atoms with E-state index in [0.29, 0.717) is 12.5 Å². The van der Waals surface area contributed by atoms with Gasteiger partial charge in [-0.1, -0.05) is 12.1 Å². The lowest BCUT2D eigenvalue weighted by atomic mass is 10.3. The normalized spacial score (nSPS) is 11.7. The van der Waals surface area contributed by atoms with E-state index in [1.54, 1.807) is 18.4 Å². The fourth-order valence-corrected chi connectivity index (χ4v) is 4.05. The first kappa shape index (κ1) is 22.8. The Kier molecular flexibility index (Phi) is 9.44. The van der Waals surface area contributed by atoms with Crippen molar-refractivity contribution in [2.75, 3.05) is 25.9 Å². The van der Waals surface area contributed by atoms with Crippen molar-refractivity contribution in [3.63, 3.8) is 0 Å². The van der Waals surface area contributed by atoms with Crippen molar-refractivity contribution in [3.8, 4) is 0 Å². The number of aromatic nitrogens is 1. The molecule has 0 radical (unpaired) electrons. The first-order valence-electron chi connectivity index (χ1n) is 7.75. The van der Waals surface area contributed by atoms with E-state index < -0.39 is 15.7 Å². The van der Waals surface area contributed by atoms with Crippen LogP contribution in [-0.2, 0) is 16.3 Å². The van der Waals surface area contributed by atoms with E-state index in [4.69, 9.17) is 0 Å². The van der Waals surface area contributed by atoms with Crippen LogP contribution in [0.1, 0.15) is 10.7 Å². The molecule has 0 aliphatic heterocycles. The van der Waals surface area contributed by atoms with Gasteiger partial charge in [-0.25, -0.2) is 17.8 Å². The fraction of sp³-hybridized carbons (Fsp3) is 0.375. The molecule has 0 bridgehead atoms. The molecule has 10 heteroatoms. The predicted octanol–water partition coefficient (Wildman–Crippen LogP) is 2.39. The highest BCUT2D eigenvalue weighted by molar-refractivity contribution is 14.0. The minimum atomic E-state index is -3.68. The number of rotatable bonds is 7. The summed E-state index contributed by atoms with van der Waals surface area (Å²) in [4.78, 5) is 8.14. The Morgan fingerprint density at radius 3 is 2.58 bits per heavy atom. The monoisotopic (exact) mass is 512 g/mol. The molecule has 0 aliphatic rings. The fourth-order valence-electron chi connectivity index (χ4n) is 2.16. The van der Waals surface area contributed by atoms with Gasteiger partial charge in [0, 0.05) is 31.9 Å². The van der Waals surface area contributed by atoms with Crippen LogP contribution in [0.2, 0.25) is 0 Å². The summed E-state index contributed by atoms with van der Waals surface area (Å²) >= 11 is 1.60. The average molecular weight is 512 g/mol. The van der Waals surface area contributed by atoms with E-state index in [0.717, 1.165) is 23.2 Å².